The molecule has 1 fully saturated rings. The van der Waals surface area contributed by atoms with E-state index < -0.39 is 5.97 Å². The lowest BCUT2D eigenvalue weighted by Crippen LogP contribution is -2.42. The lowest BCUT2D eigenvalue weighted by molar-refractivity contribution is -0.138. The van der Waals surface area contributed by atoms with Gasteiger partial charge in [0.2, 0.25) is 0 Å². The Morgan fingerprint density at radius 1 is 1.29 bits per heavy atom. The van der Waals surface area contributed by atoms with Crippen molar-refractivity contribution in [1.82, 2.24) is 10.2 Å². The van der Waals surface area contributed by atoms with E-state index in [4.69, 9.17) is 5.11 Å². The van der Waals surface area contributed by atoms with Gasteiger partial charge in [-0.3, -0.25) is 4.79 Å². The number of likely N-dealkylation sites (tertiary alicyclic amines) is 1. The predicted octanol–water partition coefficient (Wildman–Crippen LogP) is 3.10. The minimum Gasteiger partial charge on any atom is -0.481 e. The van der Waals surface area contributed by atoms with Crippen molar-refractivity contribution in [2.75, 3.05) is 19.6 Å². The van der Waals surface area contributed by atoms with Crippen molar-refractivity contribution in [2.45, 2.75) is 58.8 Å². The van der Waals surface area contributed by atoms with Crippen molar-refractivity contribution in [3.63, 3.8) is 0 Å². The summed E-state index contributed by atoms with van der Waals surface area (Å²) in [5.41, 5.74) is 0. The largest absolute Gasteiger partial charge is 0.481 e. The van der Waals surface area contributed by atoms with Crippen molar-refractivity contribution < 1.29 is 14.7 Å². The smallest absolute Gasteiger partial charge is 0.317 e. The van der Waals surface area contributed by atoms with Crippen molar-refractivity contribution >= 4 is 12.0 Å². The Hall–Kier alpha value is -1.26. The second-order valence-electron chi connectivity index (χ2n) is 6.13. The molecule has 0 aromatic carbocycles. The number of rotatable bonds is 7. The van der Waals surface area contributed by atoms with E-state index >= 15 is 0 Å². The van der Waals surface area contributed by atoms with Crippen LogP contribution in [0.3, 0.4) is 0 Å². The van der Waals surface area contributed by atoms with Crippen LogP contribution in [0.5, 0.6) is 0 Å². The summed E-state index contributed by atoms with van der Waals surface area (Å²) in [6, 6.07) is -0.0315. The van der Waals surface area contributed by atoms with Gasteiger partial charge in [0.15, 0.2) is 0 Å². The third-order valence-corrected chi connectivity index (χ3v) is 4.41. The van der Waals surface area contributed by atoms with Crippen LogP contribution in [0, 0.1) is 11.8 Å². The molecule has 2 N–H and O–H groups in total. The van der Waals surface area contributed by atoms with Crippen molar-refractivity contribution in [3.8, 4) is 0 Å². The summed E-state index contributed by atoms with van der Waals surface area (Å²) in [4.78, 5) is 24.8. The second-order valence-corrected chi connectivity index (χ2v) is 6.13. The van der Waals surface area contributed by atoms with Crippen molar-refractivity contribution in [3.05, 3.63) is 0 Å². The number of nitrogens with one attached hydrogen (secondary N) is 1. The molecule has 1 rings (SSSR count). The minimum atomic E-state index is -0.798. The summed E-state index contributed by atoms with van der Waals surface area (Å²) < 4.78 is 0. The van der Waals surface area contributed by atoms with Gasteiger partial charge in [0.1, 0.15) is 0 Å². The topological polar surface area (TPSA) is 69.6 Å². The Bertz CT molecular complexity index is 333. The van der Waals surface area contributed by atoms with E-state index in [0.29, 0.717) is 6.54 Å². The normalized spacial score (nSPS) is 20.7. The summed E-state index contributed by atoms with van der Waals surface area (Å²) in [5.74, 6) is -0.0252. The molecule has 0 aromatic rings. The molecule has 5 heteroatoms. The molecule has 1 heterocycles. The van der Waals surface area contributed by atoms with E-state index in [2.05, 4.69) is 12.2 Å². The molecule has 1 aliphatic heterocycles. The number of carboxylic acids is 1. The second kappa shape index (κ2) is 9.64. The summed E-state index contributed by atoms with van der Waals surface area (Å²) in [6.45, 7) is 6.27. The first-order valence-corrected chi connectivity index (χ1v) is 8.31. The van der Waals surface area contributed by atoms with Gasteiger partial charge in [0.05, 0.1) is 0 Å². The highest BCUT2D eigenvalue weighted by molar-refractivity contribution is 5.74. The van der Waals surface area contributed by atoms with Crippen LogP contribution in [0.2, 0.25) is 0 Å². The lowest BCUT2D eigenvalue weighted by Gasteiger charge is -2.23. The van der Waals surface area contributed by atoms with Gasteiger partial charge in [-0.1, -0.05) is 33.1 Å². The van der Waals surface area contributed by atoms with Crippen LogP contribution in [0.1, 0.15) is 58.8 Å². The van der Waals surface area contributed by atoms with E-state index in [9.17, 15) is 9.59 Å². The summed E-state index contributed by atoms with van der Waals surface area (Å²) in [5, 5.41) is 11.7. The number of nitrogens with zero attached hydrogens (tertiary/aromatic N) is 1. The zero-order valence-corrected chi connectivity index (χ0v) is 13.4. The number of carboxylic acid groups (broad SMARTS) is 1. The van der Waals surface area contributed by atoms with Gasteiger partial charge < -0.3 is 15.3 Å². The zero-order chi connectivity index (χ0) is 15.7. The molecule has 0 bridgehead atoms. The standard InChI is InChI=1S/C16H30N2O3/c1-3-6-14-7-5-9-18(10-8-14)16(21)17-12-13(4-2)11-15(19)20/h13-14H,3-12H2,1-2H3,(H,17,21)(H,19,20). The van der Waals surface area contributed by atoms with E-state index in [1.807, 2.05) is 11.8 Å². The van der Waals surface area contributed by atoms with Gasteiger partial charge in [-0.25, -0.2) is 4.79 Å². The van der Waals surface area contributed by atoms with Crippen LogP contribution >= 0.6 is 0 Å². The molecule has 2 atom stereocenters. The number of aliphatic carboxylic acids is 1. The summed E-state index contributed by atoms with van der Waals surface area (Å²) >= 11 is 0. The monoisotopic (exact) mass is 298 g/mol. The van der Waals surface area contributed by atoms with Gasteiger partial charge in [0, 0.05) is 26.1 Å². The lowest BCUT2D eigenvalue weighted by atomic mass is 9.96. The van der Waals surface area contributed by atoms with E-state index in [1.165, 1.54) is 19.3 Å². The summed E-state index contributed by atoms with van der Waals surface area (Å²) in [7, 11) is 0. The van der Waals surface area contributed by atoms with Gasteiger partial charge in [-0.05, 0) is 31.1 Å². The molecule has 0 saturated carbocycles. The Morgan fingerprint density at radius 3 is 2.67 bits per heavy atom. The Labute approximate surface area is 128 Å². The van der Waals surface area contributed by atoms with Crippen LogP contribution in [0.15, 0.2) is 0 Å². The molecule has 2 unspecified atom stereocenters. The fourth-order valence-corrected chi connectivity index (χ4v) is 3.02. The molecule has 5 nitrogen and oxygen atoms in total. The van der Waals surface area contributed by atoms with Crippen LogP contribution in [-0.2, 0) is 4.79 Å². The predicted molar refractivity (Wildman–Crippen MR) is 83.3 cm³/mol. The molecule has 2 amide bonds. The van der Waals surface area contributed by atoms with E-state index in [0.717, 1.165) is 38.3 Å². The van der Waals surface area contributed by atoms with Crippen molar-refractivity contribution in [2.24, 2.45) is 11.8 Å². The molecule has 0 spiro atoms. The molecule has 1 aliphatic rings. The fourth-order valence-electron chi connectivity index (χ4n) is 3.02. The number of carbonyl (C=O) groups is 2. The SMILES string of the molecule is CCCC1CCCN(C(=O)NCC(CC)CC(=O)O)CC1. The molecular formula is C16H30N2O3. The first-order chi connectivity index (χ1) is 10.1. The molecule has 0 aliphatic carbocycles. The minimum absolute atomic E-state index is 0.0197. The average molecular weight is 298 g/mol. The van der Waals surface area contributed by atoms with Gasteiger partial charge in [-0.15, -0.1) is 0 Å². The van der Waals surface area contributed by atoms with Crippen LogP contribution in [0.25, 0.3) is 0 Å². The maximum Gasteiger partial charge on any atom is 0.317 e. The average Bonchev–Trinajstić information content (AvgIpc) is 2.69. The third kappa shape index (κ3) is 6.82. The highest BCUT2D eigenvalue weighted by atomic mass is 16.4. The van der Waals surface area contributed by atoms with Crippen LogP contribution < -0.4 is 5.32 Å². The van der Waals surface area contributed by atoms with Gasteiger partial charge in [-0.2, -0.15) is 0 Å². The number of amides is 2. The van der Waals surface area contributed by atoms with E-state index in [1.54, 1.807) is 0 Å². The van der Waals surface area contributed by atoms with Crippen LogP contribution in [-0.4, -0.2) is 41.6 Å². The molecule has 0 aromatic heterocycles. The first-order valence-electron chi connectivity index (χ1n) is 8.31. The van der Waals surface area contributed by atoms with Crippen molar-refractivity contribution in [1.29, 1.82) is 0 Å². The molecular weight excluding hydrogens is 268 g/mol. The summed E-state index contributed by atoms with van der Waals surface area (Å²) in [6.07, 6.45) is 6.74. The number of hydrogen-bond acceptors (Lipinski definition) is 2. The first kappa shape index (κ1) is 17.8. The molecule has 0 radical (unpaired) electrons. The fraction of sp³-hybridized carbons (Fsp3) is 0.875. The quantitative estimate of drug-likeness (QED) is 0.758. The van der Waals surface area contributed by atoms with E-state index in [-0.39, 0.29) is 18.4 Å². The number of urea groups is 1. The number of carbonyl (C=O) groups excluding carboxylic acids is 1. The molecule has 1 saturated heterocycles. The number of hydrogen-bond donors (Lipinski definition) is 2. The maximum absolute atomic E-state index is 12.2. The van der Waals surface area contributed by atoms with Crippen LogP contribution in [0.4, 0.5) is 4.79 Å². The Kier molecular flexibility index (Phi) is 8.16. The highest BCUT2D eigenvalue weighted by Gasteiger charge is 2.21. The third-order valence-electron chi connectivity index (χ3n) is 4.41. The Balaban J connectivity index is 2.35. The maximum atomic E-state index is 12.2. The van der Waals surface area contributed by atoms with Gasteiger partial charge >= 0.3 is 12.0 Å². The highest BCUT2D eigenvalue weighted by Crippen LogP contribution is 2.21. The Morgan fingerprint density at radius 2 is 2.05 bits per heavy atom. The van der Waals surface area contributed by atoms with Gasteiger partial charge in [0.25, 0.3) is 0 Å². The molecule has 21 heavy (non-hydrogen) atoms. The molecule has 122 valence electrons. The zero-order valence-electron chi connectivity index (χ0n) is 13.4.